The van der Waals surface area contributed by atoms with E-state index in [4.69, 9.17) is 9.52 Å². The number of pyridine rings is 1. The van der Waals surface area contributed by atoms with Gasteiger partial charge in [0.2, 0.25) is 0 Å². The number of carboxylic acids is 1. The second-order valence-corrected chi connectivity index (χ2v) is 5.32. The highest BCUT2D eigenvalue weighted by atomic mass is 19.1. The van der Waals surface area contributed by atoms with Gasteiger partial charge in [0.15, 0.2) is 5.76 Å². The summed E-state index contributed by atoms with van der Waals surface area (Å²) >= 11 is 0. The van der Waals surface area contributed by atoms with Gasteiger partial charge in [0.1, 0.15) is 29.6 Å². The standard InChI is InChI=1S/C17H11FN2O4/c18-8-1-3-12-10(5-8)11-6-13(17(22)23)20-16(15(11)19-12)14-4-2-9(7-21)24-14/h1-6,19,21H,7H2,(H,22,23). The van der Waals surface area contributed by atoms with E-state index in [-0.39, 0.29) is 12.3 Å². The first-order chi connectivity index (χ1) is 11.6. The number of H-pyrrole nitrogens is 1. The van der Waals surface area contributed by atoms with Crippen LogP contribution in [0.4, 0.5) is 4.39 Å². The van der Waals surface area contributed by atoms with Crippen molar-refractivity contribution < 1.29 is 23.8 Å². The molecule has 4 aromatic rings. The molecule has 0 aliphatic heterocycles. The second kappa shape index (κ2) is 5.17. The summed E-state index contributed by atoms with van der Waals surface area (Å²) in [6, 6.07) is 8.82. The van der Waals surface area contributed by atoms with Crippen LogP contribution in [0.5, 0.6) is 0 Å². The summed E-state index contributed by atoms with van der Waals surface area (Å²) in [5, 5.41) is 19.6. The van der Waals surface area contributed by atoms with E-state index in [9.17, 15) is 14.3 Å². The van der Waals surface area contributed by atoms with E-state index >= 15 is 0 Å². The molecule has 0 atom stereocenters. The van der Waals surface area contributed by atoms with Crippen molar-refractivity contribution in [2.24, 2.45) is 0 Å². The molecule has 24 heavy (non-hydrogen) atoms. The molecular weight excluding hydrogens is 315 g/mol. The number of aromatic amines is 1. The number of benzene rings is 1. The minimum Gasteiger partial charge on any atom is -0.477 e. The lowest BCUT2D eigenvalue weighted by Crippen LogP contribution is -2.01. The van der Waals surface area contributed by atoms with Crippen molar-refractivity contribution >= 4 is 27.8 Å². The lowest BCUT2D eigenvalue weighted by molar-refractivity contribution is 0.0691. The van der Waals surface area contributed by atoms with E-state index in [1.165, 1.54) is 18.2 Å². The van der Waals surface area contributed by atoms with E-state index in [2.05, 4.69) is 9.97 Å². The van der Waals surface area contributed by atoms with Crippen LogP contribution in [0.25, 0.3) is 33.3 Å². The first-order valence-electron chi connectivity index (χ1n) is 7.12. The fourth-order valence-corrected chi connectivity index (χ4v) is 2.75. The number of carboxylic acid groups (broad SMARTS) is 1. The number of hydrogen-bond acceptors (Lipinski definition) is 4. The van der Waals surface area contributed by atoms with E-state index in [0.29, 0.717) is 39.0 Å². The highest BCUT2D eigenvalue weighted by Crippen LogP contribution is 2.33. The van der Waals surface area contributed by atoms with Crippen LogP contribution < -0.4 is 0 Å². The van der Waals surface area contributed by atoms with Crippen molar-refractivity contribution in [3.8, 4) is 11.5 Å². The maximum Gasteiger partial charge on any atom is 0.354 e. The molecule has 4 rings (SSSR count). The molecule has 0 saturated carbocycles. The van der Waals surface area contributed by atoms with Gasteiger partial charge in [-0.15, -0.1) is 0 Å². The number of halogens is 1. The molecule has 1 aromatic carbocycles. The van der Waals surface area contributed by atoms with Gasteiger partial charge in [-0.25, -0.2) is 14.2 Å². The van der Waals surface area contributed by atoms with Crippen LogP contribution >= 0.6 is 0 Å². The molecular formula is C17H11FN2O4. The predicted octanol–water partition coefficient (Wildman–Crippen LogP) is 3.31. The third kappa shape index (κ3) is 2.14. The summed E-state index contributed by atoms with van der Waals surface area (Å²) in [4.78, 5) is 18.7. The molecule has 120 valence electrons. The van der Waals surface area contributed by atoms with Crippen LogP contribution in [0.2, 0.25) is 0 Å². The summed E-state index contributed by atoms with van der Waals surface area (Å²) in [6.45, 7) is -0.278. The van der Waals surface area contributed by atoms with Gasteiger partial charge in [0.05, 0.1) is 5.52 Å². The molecule has 3 N–H and O–H groups in total. The smallest absolute Gasteiger partial charge is 0.354 e. The van der Waals surface area contributed by atoms with Gasteiger partial charge in [-0.2, -0.15) is 0 Å². The van der Waals surface area contributed by atoms with Crippen molar-refractivity contribution in [2.75, 3.05) is 0 Å². The number of aromatic carboxylic acids is 1. The molecule has 0 unspecified atom stereocenters. The number of fused-ring (bicyclic) bond motifs is 3. The quantitative estimate of drug-likeness (QED) is 0.536. The summed E-state index contributed by atoms with van der Waals surface area (Å²) in [7, 11) is 0. The zero-order valence-electron chi connectivity index (χ0n) is 12.2. The molecule has 3 heterocycles. The van der Waals surface area contributed by atoms with Gasteiger partial charge in [0, 0.05) is 16.3 Å². The van der Waals surface area contributed by atoms with Crippen LogP contribution in [0, 0.1) is 5.82 Å². The van der Waals surface area contributed by atoms with Crippen molar-refractivity contribution in [2.45, 2.75) is 6.61 Å². The molecule has 6 nitrogen and oxygen atoms in total. The van der Waals surface area contributed by atoms with Crippen LogP contribution in [-0.2, 0) is 6.61 Å². The Morgan fingerprint density at radius 2 is 2.04 bits per heavy atom. The van der Waals surface area contributed by atoms with Crippen LogP contribution in [0.15, 0.2) is 40.8 Å². The third-order valence-electron chi connectivity index (χ3n) is 3.82. The molecule has 0 aliphatic carbocycles. The number of carbonyl (C=O) groups is 1. The zero-order valence-corrected chi connectivity index (χ0v) is 12.2. The highest BCUT2D eigenvalue weighted by Gasteiger charge is 2.18. The van der Waals surface area contributed by atoms with Crippen LogP contribution in [0.1, 0.15) is 16.2 Å². The molecule has 0 radical (unpaired) electrons. The molecule has 0 aliphatic rings. The minimum absolute atomic E-state index is 0.176. The first kappa shape index (κ1) is 14.4. The number of nitrogens with zero attached hydrogens (tertiary/aromatic N) is 1. The van der Waals surface area contributed by atoms with Crippen LogP contribution in [-0.4, -0.2) is 26.2 Å². The van der Waals surface area contributed by atoms with E-state index in [1.54, 1.807) is 18.2 Å². The number of aliphatic hydroxyl groups excluding tert-OH is 1. The van der Waals surface area contributed by atoms with Crippen molar-refractivity contribution in [1.29, 1.82) is 0 Å². The SMILES string of the molecule is O=C(O)c1cc2c([nH]c3ccc(F)cc32)c(-c2ccc(CO)o2)n1. The largest absolute Gasteiger partial charge is 0.477 e. The molecule has 3 aromatic heterocycles. The van der Waals surface area contributed by atoms with Crippen LogP contribution in [0.3, 0.4) is 0 Å². The fourth-order valence-electron chi connectivity index (χ4n) is 2.75. The summed E-state index contributed by atoms with van der Waals surface area (Å²) in [5.74, 6) is -0.959. The number of nitrogens with one attached hydrogen (secondary N) is 1. The van der Waals surface area contributed by atoms with Gasteiger partial charge >= 0.3 is 5.97 Å². The lowest BCUT2D eigenvalue weighted by Gasteiger charge is -2.02. The number of aliphatic hydroxyl groups is 1. The highest BCUT2D eigenvalue weighted by molar-refractivity contribution is 6.12. The van der Waals surface area contributed by atoms with E-state index in [0.717, 1.165) is 0 Å². The summed E-state index contributed by atoms with van der Waals surface area (Å²) < 4.78 is 19.1. The number of hydrogen-bond donors (Lipinski definition) is 3. The molecule has 0 amide bonds. The Morgan fingerprint density at radius 3 is 2.75 bits per heavy atom. The Bertz CT molecular complexity index is 1100. The normalized spacial score (nSPS) is 11.4. The Labute approximate surface area is 134 Å². The van der Waals surface area contributed by atoms with E-state index < -0.39 is 11.8 Å². The average Bonchev–Trinajstić information content (AvgIpc) is 3.18. The van der Waals surface area contributed by atoms with Crippen molar-refractivity contribution in [3.05, 3.63) is 53.7 Å². The topological polar surface area (TPSA) is 99.3 Å². The fraction of sp³-hybridized carbons (Fsp3) is 0.0588. The zero-order chi connectivity index (χ0) is 16.8. The molecule has 0 bridgehead atoms. The van der Waals surface area contributed by atoms with Crippen molar-refractivity contribution in [3.63, 3.8) is 0 Å². The molecule has 7 heteroatoms. The van der Waals surface area contributed by atoms with Gasteiger partial charge in [-0.3, -0.25) is 0 Å². The number of rotatable bonds is 3. The maximum absolute atomic E-state index is 13.6. The summed E-state index contributed by atoms with van der Waals surface area (Å²) in [6.07, 6.45) is 0. The van der Waals surface area contributed by atoms with Crippen molar-refractivity contribution in [1.82, 2.24) is 9.97 Å². The van der Waals surface area contributed by atoms with Gasteiger partial charge in [-0.1, -0.05) is 0 Å². The minimum atomic E-state index is -1.20. The predicted molar refractivity (Wildman–Crippen MR) is 84.1 cm³/mol. The first-order valence-corrected chi connectivity index (χ1v) is 7.12. The third-order valence-corrected chi connectivity index (χ3v) is 3.82. The monoisotopic (exact) mass is 326 g/mol. The molecule has 0 fully saturated rings. The summed E-state index contributed by atoms with van der Waals surface area (Å²) in [5.41, 5.74) is 1.32. The van der Waals surface area contributed by atoms with Gasteiger partial charge < -0.3 is 19.6 Å². The molecule has 0 saturated heterocycles. The second-order valence-electron chi connectivity index (χ2n) is 5.32. The number of aromatic nitrogens is 2. The lowest BCUT2D eigenvalue weighted by atomic mass is 10.1. The Kier molecular flexibility index (Phi) is 3.10. The Balaban J connectivity index is 2.10. The maximum atomic E-state index is 13.6. The Hall–Kier alpha value is -3.19. The van der Waals surface area contributed by atoms with Gasteiger partial charge in [0.25, 0.3) is 0 Å². The van der Waals surface area contributed by atoms with Gasteiger partial charge in [-0.05, 0) is 36.4 Å². The van der Waals surface area contributed by atoms with E-state index in [1.807, 2.05) is 0 Å². The Morgan fingerprint density at radius 1 is 1.21 bits per heavy atom. The average molecular weight is 326 g/mol. The molecule has 0 spiro atoms. The number of furan rings is 1.